The van der Waals surface area contributed by atoms with Gasteiger partial charge in [0, 0.05) is 28.0 Å². The summed E-state index contributed by atoms with van der Waals surface area (Å²) in [7, 11) is 0. The fourth-order valence-electron chi connectivity index (χ4n) is 2.23. The predicted octanol–water partition coefficient (Wildman–Crippen LogP) is 5.42. The number of nitrogens with zero attached hydrogens (tertiary/aromatic N) is 1. The molecule has 0 amide bonds. The Bertz CT molecular complexity index is 722. The molecule has 0 fully saturated rings. The first-order chi connectivity index (χ1) is 10.7. The standard InChI is InChI=1S/C18H17BrN2S/c1-13(14-5-3-2-4-6-14)20-11-17-12-22-18(21-17)15-7-9-16(19)10-8-15/h2-10,12-13,20H,11H2,1H3. The lowest BCUT2D eigenvalue weighted by Gasteiger charge is -2.12. The van der Waals surface area contributed by atoms with Gasteiger partial charge in [-0.3, -0.25) is 0 Å². The van der Waals surface area contributed by atoms with E-state index in [4.69, 9.17) is 4.98 Å². The van der Waals surface area contributed by atoms with Crippen molar-refractivity contribution in [2.24, 2.45) is 0 Å². The molecule has 1 unspecified atom stereocenters. The fourth-order valence-corrected chi connectivity index (χ4v) is 3.32. The van der Waals surface area contributed by atoms with Crippen molar-refractivity contribution in [1.29, 1.82) is 0 Å². The molecule has 0 radical (unpaired) electrons. The molecule has 1 atom stereocenters. The summed E-state index contributed by atoms with van der Waals surface area (Å²) in [5.41, 5.74) is 3.55. The van der Waals surface area contributed by atoms with Crippen LogP contribution < -0.4 is 5.32 Å². The van der Waals surface area contributed by atoms with Gasteiger partial charge in [-0.05, 0) is 24.6 Å². The number of rotatable bonds is 5. The molecule has 22 heavy (non-hydrogen) atoms. The second kappa shape index (κ2) is 7.18. The average molecular weight is 373 g/mol. The Morgan fingerprint density at radius 3 is 2.55 bits per heavy atom. The van der Waals surface area contributed by atoms with E-state index in [1.165, 1.54) is 5.56 Å². The first-order valence-corrected chi connectivity index (χ1v) is 8.88. The van der Waals surface area contributed by atoms with Crippen molar-refractivity contribution in [2.45, 2.75) is 19.5 Å². The van der Waals surface area contributed by atoms with Gasteiger partial charge in [-0.15, -0.1) is 11.3 Å². The predicted molar refractivity (Wildman–Crippen MR) is 96.9 cm³/mol. The molecule has 0 spiro atoms. The SMILES string of the molecule is CC(NCc1csc(-c2ccc(Br)cc2)n1)c1ccccc1. The molecule has 3 aromatic rings. The van der Waals surface area contributed by atoms with E-state index in [9.17, 15) is 0 Å². The summed E-state index contributed by atoms with van der Waals surface area (Å²) >= 11 is 5.15. The molecule has 0 aliphatic rings. The second-order valence-corrected chi connectivity index (χ2v) is 6.94. The van der Waals surface area contributed by atoms with Crippen molar-refractivity contribution in [1.82, 2.24) is 10.3 Å². The minimum absolute atomic E-state index is 0.319. The maximum Gasteiger partial charge on any atom is 0.123 e. The van der Waals surface area contributed by atoms with E-state index in [-0.39, 0.29) is 0 Å². The molecular formula is C18H17BrN2S. The largest absolute Gasteiger partial charge is 0.305 e. The monoisotopic (exact) mass is 372 g/mol. The lowest BCUT2D eigenvalue weighted by molar-refractivity contribution is 0.569. The van der Waals surface area contributed by atoms with Crippen LogP contribution in [0.1, 0.15) is 24.2 Å². The van der Waals surface area contributed by atoms with Gasteiger partial charge in [0.1, 0.15) is 5.01 Å². The van der Waals surface area contributed by atoms with Crippen LogP contribution in [0.4, 0.5) is 0 Å². The van der Waals surface area contributed by atoms with Crippen LogP contribution in [0.5, 0.6) is 0 Å². The number of hydrogen-bond donors (Lipinski definition) is 1. The molecule has 1 aromatic heterocycles. The number of thiazole rings is 1. The maximum atomic E-state index is 4.72. The summed E-state index contributed by atoms with van der Waals surface area (Å²) < 4.78 is 1.09. The van der Waals surface area contributed by atoms with Crippen LogP contribution >= 0.6 is 27.3 Å². The van der Waals surface area contributed by atoms with E-state index in [0.29, 0.717) is 6.04 Å². The van der Waals surface area contributed by atoms with Gasteiger partial charge < -0.3 is 5.32 Å². The van der Waals surface area contributed by atoms with Crippen molar-refractivity contribution >= 4 is 27.3 Å². The summed E-state index contributed by atoms with van der Waals surface area (Å²) in [5, 5.41) is 6.72. The van der Waals surface area contributed by atoms with Gasteiger partial charge >= 0.3 is 0 Å². The molecule has 0 aliphatic carbocycles. The zero-order chi connectivity index (χ0) is 15.4. The van der Waals surface area contributed by atoms with E-state index >= 15 is 0 Å². The number of halogens is 1. The first-order valence-electron chi connectivity index (χ1n) is 7.21. The van der Waals surface area contributed by atoms with E-state index < -0.39 is 0 Å². The van der Waals surface area contributed by atoms with Crippen molar-refractivity contribution < 1.29 is 0 Å². The smallest absolute Gasteiger partial charge is 0.123 e. The van der Waals surface area contributed by atoms with Crippen LogP contribution in [-0.4, -0.2) is 4.98 Å². The first kappa shape index (κ1) is 15.4. The summed E-state index contributed by atoms with van der Waals surface area (Å²) in [5.74, 6) is 0. The Labute approximate surface area is 143 Å². The molecule has 1 heterocycles. The van der Waals surface area contributed by atoms with Crippen molar-refractivity contribution in [2.75, 3.05) is 0 Å². The molecule has 0 bridgehead atoms. The van der Waals surface area contributed by atoms with E-state index in [1.807, 2.05) is 18.2 Å². The Hall–Kier alpha value is -1.49. The van der Waals surface area contributed by atoms with Gasteiger partial charge in [-0.1, -0.05) is 58.4 Å². The summed E-state index contributed by atoms with van der Waals surface area (Å²) in [6, 6.07) is 19.1. The topological polar surface area (TPSA) is 24.9 Å². The summed E-state index contributed by atoms with van der Waals surface area (Å²) in [4.78, 5) is 4.72. The van der Waals surface area contributed by atoms with Gasteiger partial charge in [-0.25, -0.2) is 4.98 Å². The van der Waals surface area contributed by atoms with E-state index in [1.54, 1.807) is 11.3 Å². The summed E-state index contributed by atoms with van der Waals surface area (Å²) in [6.07, 6.45) is 0. The highest BCUT2D eigenvalue weighted by Gasteiger charge is 2.07. The third-order valence-corrected chi connectivity index (χ3v) is 5.00. The van der Waals surface area contributed by atoms with Crippen molar-refractivity contribution in [3.63, 3.8) is 0 Å². The van der Waals surface area contributed by atoms with Gasteiger partial charge in [0.2, 0.25) is 0 Å². The van der Waals surface area contributed by atoms with Gasteiger partial charge in [0.25, 0.3) is 0 Å². The van der Waals surface area contributed by atoms with Gasteiger partial charge in [-0.2, -0.15) is 0 Å². The summed E-state index contributed by atoms with van der Waals surface area (Å²) in [6.45, 7) is 2.96. The number of benzene rings is 2. The molecule has 112 valence electrons. The third-order valence-electron chi connectivity index (χ3n) is 3.53. The quantitative estimate of drug-likeness (QED) is 0.646. The maximum absolute atomic E-state index is 4.72. The minimum Gasteiger partial charge on any atom is -0.305 e. The van der Waals surface area contributed by atoms with E-state index in [0.717, 1.165) is 27.3 Å². The number of hydrogen-bond acceptors (Lipinski definition) is 3. The Morgan fingerprint density at radius 1 is 1.09 bits per heavy atom. The van der Waals surface area contributed by atoms with Crippen molar-refractivity contribution in [3.05, 3.63) is 75.7 Å². The fraction of sp³-hybridized carbons (Fsp3) is 0.167. The highest BCUT2D eigenvalue weighted by atomic mass is 79.9. The Balaban J connectivity index is 1.63. The lowest BCUT2D eigenvalue weighted by Crippen LogP contribution is -2.18. The average Bonchev–Trinajstić information content (AvgIpc) is 3.03. The lowest BCUT2D eigenvalue weighted by atomic mass is 10.1. The molecule has 3 rings (SSSR count). The minimum atomic E-state index is 0.319. The molecular weight excluding hydrogens is 356 g/mol. The van der Waals surface area contributed by atoms with Crippen LogP contribution in [0.3, 0.4) is 0 Å². The molecule has 0 saturated carbocycles. The molecule has 0 saturated heterocycles. The second-order valence-electron chi connectivity index (χ2n) is 5.16. The molecule has 2 nitrogen and oxygen atoms in total. The van der Waals surface area contributed by atoms with Crippen LogP contribution in [0.2, 0.25) is 0 Å². The highest BCUT2D eigenvalue weighted by molar-refractivity contribution is 9.10. The molecule has 4 heteroatoms. The van der Waals surface area contributed by atoms with Crippen LogP contribution in [0.15, 0.2) is 64.5 Å². The van der Waals surface area contributed by atoms with Crippen LogP contribution in [-0.2, 0) is 6.54 Å². The zero-order valence-corrected chi connectivity index (χ0v) is 14.7. The number of nitrogens with one attached hydrogen (secondary N) is 1. The normalized spacial score (nSPS) is 12.3. The van der Waals surface area contributed by atoms with Crippen LogP contribution in [0, 0.1) is 0 Å². The number of aromatic nitrogens is 1. The van der Waals surface area contributed by atoms with Gasteiger partial charge in [0.15, 0.2) is 0 Å². The van der Waals surface area contributed by atoms with Gasteiger partial charge in [0.05, 0.1) is 5.69 Å². The molecule has 1 N–H and O–H groups in total. The molecule has 2 aromatic carbocycles. The third kappa shape index (κ3) is 3.83. The Kier molecular flexibility index (Phi) is 5.03. The van der Waals surface area contributed by atoms with E-state index in [2.05, 4.69) is 69.9 Å². The zero-order valence-electron chi connectivity index (χ0n) is 12.3. The van der Waals surface area contributed by atoms with Crippen LogP contribution in [0.25, 0.3) is 10.6 Å². The highest BCUT2D eigenvalue weighted by Crippen LogP contribution is 2.25. The molecule has 0 aliphatic heterocycles. The Morgan fingerprint density at radius 2 is 1.82 bits per heavy atom. The van der Waals surface area contributed by atoms with Crippen molar-refractivity contribution in [3.8, 4) is 10.6 Å².